The molecule has 8 heteroatoms. The van der Waals surface area contributed by atoms with Gasteiger partial charge in [-0.05, 0) is 28.5 Å². The first-order valence-electron chi connectivity index (χ1n) is 9.23. The zero-order valence-electron chi connectivity index (χ0n) is 15.6. The van der Waals surface area contributed by atoms with E-state index in [1.165, 1.54) is 29.2 Å². The molecular weight excluding hydrogens is 402 g/mol. The molecule has 3 aromatic rings. The average molecular weight is 419 g/mol. The first kappa shape index (κ1) is 20.2. The normalized spacial score (nSPS) is 19.3. The number of aliphatic hydroxyl groups is 1. The fourth-order valence-corrected chi connectivity index (χ4v) is 3.71. The maximum absolute atomic E-state index is 13.7. The molecule has 1 N–H and O–H groups in total. The lowest BCUT2D eigenvalue weighted by Gasteiger charge is -2.19. The van der Waals surface area contributed by atoms with Crippen molar-refractivity contribution in [3.63, 3.8) is 0 Å². The van der Waals surface area contributed by atoms with Crippen LogP contribution in [-0.4, -0.2) is 47.6 Å². The van der Waals surface area contributed by atoms with Gasteiger partial charge in [0.05, 0.1) is 6.54 Å². The second kappa shape index (κ2) is 7.60. The monoisotopic (exact) mass is 419 g/mol. The Hall–Kier alpha value is -3.13. The first-order valence-corrected chi connectivity index (χ1v) is 9.23. The first-order chi connectivity index (χ1) is 14.2. The highest BCUT2D eigenvalue weighted by molar-refractivity contribution is 6.11. The van der Waals surface area contributed by atoms with Crippen LogP contribution in [0, 0.1) is 0 Å². The van der Waals surface area contributed by atoms with Crippen LogP contribution in [0.2, 0.25) is 0 Å². The molecule has 1 aliphatic rings. The second-order valence-corrected chi connectivity index (χ2v) is 7.04. The number of rotatable bonds is 3. The van der Waals surface area contributed by atoms with Crippen molar-refractivity contribution >= 4 is 16.7 Å². The summed E-state index contributed by atoms with van der Waals surface area (Å²) in [5.74, 6) is -0.797. The third kappa shape index (κ3) is 3.82. The van der Waals surface area contributed by atoms with Crippen LogP contribution in [-0.2, 0) is 0 Å². The van der Waals surface area contributed by atoms with Crippen LogP contribution in [0.3, 0.4) is 0 Å². The number of hydrogen-bond donors (Lipinski definition) is 1. The topological polar surface area (TPSA) is 49.8 Å². The van der Waals surface area contributed by atoms with Crippen molar-refractivity contribution in [3.05, 3.63) is 66.2 Å². The van der Waals surface area contributed by atoms with Crippen molar-refractivity contribution in [2.24, 2.45) is 0 Å². The van der Waals surface area contributed by atoms with Crippen molar-refractivity contribution in [2.75, 3.05) is 13.1 Å². The van der Waals surface area contributed by atoms with Gasteiger partial charge in [0.1, 0.15) is 18.0 Å². The summed E-state index contributed by atoms with van der Waals surface area (Å²) in [6, 6.07) is 15.6. The van der Waals surface area contributed by atoms with Crippen molar-refractivity contribution in [2.45, 2.75) is 18.6 Å². The minimum absolute atomic E-state index is 0.113. The Bertz CT molecular complexity index is 1090. The van der Waals surface area contributed by atoms with Gasteiger partial charge in [0.2, 0.25) is 0 Å². The fourth-order valence-electron chi connectivity index (χ4n) is 3.71. The van der Waals surface area contributed by atoms with E-state index in [1.807, 2.05) is 0 Å². The van der Waals surface area contributed by atoms with Crippen molar-refractivity contribution in [1.29, 1.82) is 0 Å². The molecule has 0 bridgehead atoms. The highest BCUT2D eigenvalue weighted by Crippen LogP contribution is 2.38. The van der Waals surface area contributed by atoms with Gasteiger partial charge in [0.25, 0.3) is 5.91 Å². The summed E-state index contributed by atoms with van der Waals surface area (Å²) in [5, 5.41) is 10.7. The fraction of sp³-hybridized carbons (Fsp3) is 0.227. The van der Waals surface area contributed by atoms with Crippen molar-refractivity contribution in [3.8, 4) is 16.9 Å². The van der Waals surface area contributed by atoms with E-state index in [2.05, 4.69) is 4.74 Å². The number of hydrogen-bond acceptors (Lipinski definition) is 3. The Morgan fingerprint density at radius 3 is 2.27 bits per heavy atom. The number of fused-ring (bicyclic) bond motifs is 1. The van der Waals surface area contributed by atoms with Gasteiger partial charge in [-0.2, -0.15) is 0 Å². The molecule has 30 heavy (non-hydrogen) atoms. The average Bonchev–Trinajstić information content (AvgIpc) is 3.04. The van der Waals surface area contributed by atoms with Crippen LogP contribution >= 0.6 is 0 Å². The number of aliphatic hydroxyl groups excluding tert-OH is 1. The van der Waals surface area contributed by atoms with E-state index in [0.717, 1.165) is 0 Å². The van der Waals surface area contributed by atoms with Crippen molar-refractivity contribution in [1.82, 2.24) is 4.90 Å². The standard InChI is InChI=1S/C22H17F4NO3/c23-18-11-27(12-19(18)28)21(29)17-10-9-15(13-5-1-2-6-14(13)17)16-7-3-4-8-20(16)30-22(24,25)26/h1-10,18-19,28H,11-12H2/t18-,19-/m1/s1. The number of nitrogens with zero attached hydrogens (tertiary/aromatic N) is 1. The molecule has 1 fully saturated rings. The Morgan fingerprint density at radius 2 is 1.60 bits per heavy atom. The van der Waals surface area contributed by atoms with E-state index in [0.29, 0.717) is 16.3 Å². The Balaban J connectivity index is 1.81. The van der Waals surface area contributed by atoms with Crippen molar-refractivity contribution < 1.29 is 32.2 Å². The van der Waals surface area contributed by atoms with Gasteiger partial charge < -0.3 is 14.7 Å². The molecular formula is C22H17F4NO3. The van der Waals surface area contributed by atoms with Gasteiger partial charge in [0, 0.05) is 17.7 Å². The van der Waals surface area contributed by atoms with Gasteiger partial charge in [-0.25, -0.2) is 4.39 Å². The van der Waals surface area contributed by atoms with Crippen LogP contribution in [0.1, 0.15) is 10.4 Å². The summed E-state index contributed by atoms with van der Waals surface area (Å²) in [4.78, 5) is 14.2. The molecule has 0 spiro atoms. The molecule has 0 aromatic heterocycles. The van der Waals surface area contributed by atoms with Crippen LogP contribution in [0.15, 0.2) is 60.7 Å². The van der Waals surface area contributed by atoms with Gasteiger partial charge in [0.15, 0.2) is 0 Å². The molecule has 0 saturated carbocycles. The molecule has 2 atom stereocenters. The largest absolute Gasteiger partial charge is 0.573 e. The lowest BCUT2D eigenvalue weighted by atomic mass is 9.94. The molecule has 4 nitrogen and oxygen atoms in total. The number of para-hydroxylation sites is 1. The smallest absolute Gasteiger partial charge is 0.405 e. The van der Waals surface area contributed by atoms with E-state index >= 15 is 0 Å². The molecule has 0 aliphatic carbocycles. The highest BCUT2D eigenvalue weighted by Gasteiger charge is 2.35. The summed E-state index contributed by atoms with van der Waals surface area (Å²) in [6.07, 6.45) is -7.59. The predicted molar refractivity (Wildman–Crippen MR) is 103 cm³/mol. The summed E-state index contributed by atoms with van der Waals surface area (Å²) in [6.45, 7) is -0.323. The number of benzene rings is 3. The van der Waals surface area contributed by atoms with Gasteiger partial charge in [-0.15, -0.1) is 13.2 Å². The zero-order valence-corrected chi connectivity index (χ0v) is 15.6. The number of amides is 1. The lowest BCUT2D eigenvalue weighted by molar-refractivity contribution is -0.274. The molecule has 4 rings (SSSR count). The third-order valence-electron chi connectivity index (χ3n) is 5.06. The number of alkyl halides is 4. The SMILES string of the molecule is O=C(c1ccc(-c2ccccc2OC(F)(F)F)c2ccccc12)N1C[C@@H](O)[C@H](F)C1. The number of ether oxygens (including phenoxy) is 1. The zero-order chi connectivity index (χ0) is 21.5. The summed E-state index contributed by atoms with van der Waals surface area (Å²) in [5.41, 5.74) is 0.974. The van der Waals surface area contributed by atoms with Gasteiger partial charge in [-0.1, -0.05) is 48.5 Å². The number of carbonyl (C=O) groups is 1. The van der Waals surface area contributed by atoms with Gasteiger partial charge in [-0.3, -0.25) is 4.79 Å². The van der Waals surface area contributed by atoms with E-state index in [-0.39, 0.29) is 30.0 Å². The molecule has 156 valence electrons. The summed E-state index contributed by atoms with van der Waals surface area (Å²) in [7, 11) is 0. The van der Waals surface area contributed by atoms with Crippen LogP contribution in [0.4, 0.5) is 17.6 Å². The number of likely N-dealkylation sites (tertiary alicyclic amines) is 1. The predicted octanol–water partition coefficient (Wildman–Crippen LogP) is 4.56. The molecule has 1 amide bonds. The Morgan fingerprint density at radius 1 is 0.933 bits per heavy atom. The van der Waals surface area contributed by atoms with Gasteiger partial charge >= 0.3 is 6.36 Å². The maximum Gasteiger partial charge on any atom is 0.573 e. The Kier molecular flexibility index (Phi) is 5.11. The van der Waals surface area contributed by atoms with Crippen LogP contribution in [0.5, 0.6) is 5.75 Å². The molecule has 3 aromatic carbocycles. The highest BCUT2D eigenvalue weighted by atomic mass is 19.4. The van der Waals surface area contributed by atoms with Crippen LogP contribution in [0.25, 0.3) is 21.9 Å². The number of carbonyl (C=O) groups excluding carboxylic acids is 1. The minimum atomic E-state index is -4.85. The number of halogens is 4. The van der Waals surface area contributed by atoms with E-state index in [1.54, 1.807) is 36.4 Å². The summed E-state index contributed by atoms with van der Waals surface area (Å²) < 4.78 is 56.3. The number of β-amino-alcohol motifs (C(OH)–C–C–N with tert-alkyl or cyclic N) is 1. The van der Waals surface area contributed by atoms with E-state index in [9.17, 15) is 27.5 Å². The van der Waals surface area contributed by atoms with E-state index < -0.39 is 24.5 Å². The Labute approximate surface area is 169 Å². The molecule has 1 saturated heterocycles. The lowest BCUT2D eigenvalue weighted by Crippen LogP contribution is -2.29. The maximum atomic E-state index is 13.7. The third-order valence-corrected chi connectivity index (χ3v) is 5.06. The molecule has 1 aliphatic heterocycles. The van der Waals surface area contributed by atoms with Crippen LogP contribution < -0.4 is 4.74 Å². The van der Waals surface area contributed by atoms with E-state index in [4.69, 9.17) is 0 Å². The molecule has 0 unspecified atom stereocenters. The second-order valence-electron chi connectivity index (χ2n) is 7.04. The minimum Gasteiger partial charge on any atom is -0.405 e. The molecule has 1 heterocycles. The molecule has 0 radical (unpaired) electrons. The summed E-state index contributed by atoms with van der Waals surface area (Å²) >= 11 is 0. The quantitative estimate of drug-likeness (QED) is 0.634.